The third-order valence-corrected chi connectivity index (χ3v) is 6.41. The van der Waals surface area contributed by atoms with E-state index in [-0.39, 0.29) is 29.5 Å². The third kappa shape index (κ3) is 4.59. The number of hydrogen-bond donors (Lipinski definition) is 2. The Bertz CT molecular complexity index is 1210. The second kappa shape index (κ2) is 9.25. The molecule has 1 aliphatic heterocycles. The van der Waals surface area contributed by atoms with E-state index >= 15 is 0 Å². The van der Waals surface area contributed by atoms with Crippen molar-refractivity contribution in [1.29, 1.82) is 0 Å². The van der Waals surface area contributed by atoms with Crippen molar-refractivity contribution in [3.63, 3.8) is 0 Å². The van der Waals surface area contributed by atoms with Crippen molar-refractivity contribution in [2.45, 2.75) is 59.2 Å². The molecule has 0 spiro atoms. The molecule has 34 heavy (non-hydrogen) atoms. The molecule has 2 aliphatic rings. The van der Waals surface area contributed by atoms with Gasteiger partial charge in [0.05, 0.1) is 5.69 Å². The lowest BCUT2D eigenvalue weighted by atomic mass is 10.1. The maximum absolute atomic E-state index is 13.4. The maximum Gasteiger partial charge on any atom is 0.270 e. The van der Waals surface area contributed by atoms with E-state index in [9.17, 15) is 19.5 Å². The van der Waals surface area contributed by atoms with Crippen molar-refractivity contribution >= 4 is 23.5 Å². The summed E-state index contributed by atoms with van der Waals surface area (Å²) in [6.07, 6.45) is 4.89. The highest BCUT2D eigenvalue weighted by molar-refractivity contribution is 5.97. The van der Waals surface area contributed by atoms with Gasteiger partial charge in [-0.1, -0.05) is 13.8 Å². The zero-order chi connectivity index (χ0) is 24.7. The van der Waals surface area contributed by atoms with E-state index in [0.717, 1.165) is 25.9 Å². The van der Waals surface area contributed by atoms with Gasteiger partial charge in [0.1, 0.15) is 5.65 Å². The first kappa shape index (κ1) is 24.0. The molecule has 1 saturated carbocycles. The number of aromatic hydroxyl groups is 1. The number of rotatable bonds is 6. The molecule has 1 saturated heterocycles. The Morgan fingerprint density at radius 2 is 1.97 bits per heavy atom. The molecule has 2 N–H and O–H groups in total. The summed E-state index contributed by atoms with van der Waals surface area (Å²) in [5, 5.41) is 18.1. The van der Waals surface area contributed by atoms with Crippen LogP contribution in [0.4, 0.5) is 0 Å². The van der Waals surface area contributed by atoms with Crippen LogP contribution in [0.2, 0.25) is 0 Å². The van der Waals surface area contributed by atoms with Crippen molar-refractivity contribution in [1.82, 2.24) is 29.3 Å². The van der Waals surface area contributed by atoms with Crippen LogP contribution in [-0.2, 0) is 11.3 Å². The summed E-state index contributed by atoms with van der Waals surface area (Å²) in [7, 11) is 2.04. The quantitative estimate of drug-likeness (QED) is 0.615. The van der Waals surface area contributed by atoms with E-state index in [1.54, 1.807) is 13.0 Å². The summed E-state index contributed by atoms with van der Waals surface area (Å²) >= 11 is 0. The molecular formula is C24H34N6O4. The number of carbonyl (C=O) groups is 2. The number of hydrogen-bond acceptors (Lipinski definition) is 6. The van der Waals surface area contributed by atoms with Crippen molar-refractivity contribution in [2.24, 2.45) is 5.92 Å². The molecule has 10 heteroatoms. The zero-order valence-electron chi connectivity index (χ0n) is 20.5. The van der Waals surface area contributed by atoms with Crippen LogP contribution >= 0.6 is 0 Å². The molecule has 2 fully saturated rings. The van der Waals surface area contributed by atoms with Crippen LogP contribution < -0.4 is 10.9 Å². The van der Waals surface area contributed by atoms with E-state index in [2.05, 4.69) is 15.3 Å². The molecular weight excluding hydrogens is 436 g/mol. The number of likely N-dealkylation sites (N-methyl/N-ethyl adjacent to an activating group) is 1. The van der Waals surface area contributed by atoms with Crippen molar-refractivity contribution in [3.8, 4) is 5.88 Å². The summed E-state index contributed by atoms with van der Waals surface area (Å²) in [6, 6.07) is 0.137. The predicted octanol–water partition coefficient (Wildman–Crippen LogP) is 1.23. The highest BCUT2D eigenvalue weighted by atomic mass is 16.3. The number of carbonyl (C=O) groups excluding carboxylic acids is 2. The summed E-state index contributed by atoms with van der Waals surface area (Å²) in [5.74, 6) is -1.08. The Balaban J connectivity index is 1.78. The minimum absolute atomic E-state index is 0.0429. The van der Waals surface area contributed by atoms with E-state index in [1.807, 2.05) is 32.7 Å². The van der Waals surface area contributed by atoms with Gasteiger partial charge >= 0.3 is 0 Å². The lowest BCUT2D eigenvalue weighted by molar-refractivity contribution is -0.130. The van der Waals surface area contributed by atoms with Gasteiger partial charge in [-0.05, 0) is 45.7 Å². The second-order valence-corrected chi connectivity index (χ2v) is 9.97. The lowest BCUT2D eigenvalue weighted by Gasteiger charge is -2.37. The van der Waals surface area contributed by atoms with Crippen LogP contribution in [0.5, 0.6) is 5.88 Å². The molecule has 2 amide bonds. The van der Waals surface area contributed by atoms with Gasteiger partial charge in [-0.3, -0.25) is 19.0 Å². The third-order valence-electron chi connectivity index (χ3n) is 6.41. The zero-order valence-corrected chi connectivity index (χ0v) is 20.5. The van der Waals surface area contributed by atoms with E-state index in [1.165, 1.54) is 15.2 Å². The second-order valence-electron chi connectivity index (χ2n) is 9.97. The summed E-state index contributed by atoms with van der Waals surface area (Å²) < 4.78 is 2.72. The number of aromatic nitrogens is 3. The number of nitrogens with zero attached hydrogens (tertiary/aromatic N) is 5. The molecule has 4 rings (SSSR count). The van der Waals surface area contributed by atoms with Gasteiger partial charge in [-0.15, -0.1) is 0 Å². The van der Waals surface area contributed by atoms with Crippen LogP contribution in [0.1, 0.15) is 55.2 Å². The van der Waals surface area contributed by atoms with Gasteiger partial charge in [0.2, 0.25) is 11.8 Å². The Labute approximate surface area is 198 Å². The Hall–Kier alpha value is -3.14. The molecule has 184 valence electrons. The number of nitrogens with one attached hydrogen (secondary N) is 1. The lowest BCUT2D eigenvalue weighted by Crippen LogP contribution is -2.52. The fraction of sp³-hybridized carbons (Fsp3) is 0.583. The standard InChI is InChI=1S/C24H34N6O4/c1-14(2)12-29-22-18(8-9-19(31)28-11-10-27(5)13-15(28)3)16(4)26-30(22)24(34)20(23(29)33)21(32)25-17-6-7-17/h8-9,14-15,17,34H,6-7,10-13H2,1-5H3,(H,25,32)/b9-8+/t15-/m0/s1. The molecule has 2 aromatic heterocycles. The molecule has 0 radical (unpaired) electrons. The fourth-order valence-electron chi connectivity index (χ4n) is 4.50. The first-order valence-electron chi connectivity index (χ1n) is 11.9. The van der Waals surface area contributed by atoms with Crippen LogP contribution in [0, 0.1) is 12.8 Å². The largest absolute Gasteiger partial charge is 0.492 e. The van der Waals surface area contributed by atoms with E-state index < -0.39 is 17.3 Å². The molecule has 0 aromatic carbocycles. The van der Waals surface area contributed by atoms with Crippen molar-refractivity contribution in [2.75, 3.05) is 26.7 Å². The predicted molar refractivity (Wildman–Crippen MR) is 129 cm³/mol. The van der Waals surface area contributed by atoms with Gasteiger partial charge in [0.25, 0.3) is 11.5 Å². The average Bonchev–Trinajstić information content (AvgIpc) is 3.50. The Morgan fingerprint density at radius 3 is 2.59 bits per heavy atom. The monoisotopic (exact) mass is 470 g/mol. The smallest absolute Gasteiger partial charge is 0.270 e. The maximum atomic E-state index is 13.4. The first-order chi connectivity index (χ1) is 16.1. The van der Waals surface area contributed by atoms with Gasteiger partial charge in [0.15, 0.2) is 5.56 Å². The molecule has 1 atom stereocenters. The van der Waals surface area contributed by atoms with Gasteiger partial charge in [-0.25, -0.2) is 0 Å². The van der Waals surface area contributed by atoms with Crippen molar-refractivity contribution < 1.29 is 14.7 Å². The molecule has 1 aliphatic carbocycles. The van der Waals surface area contributed by atoms with Gasteiger partial charge < -0.3 is 20.2 Å². The molecule has 10 nitrogen and oxygen atoms in total. The summed E-state index contributed by atoms with van der Waals surface area (Å²) in [6.45, 7) is 10.3. The van der Waals surface area contributed by atoms with E-state index in [4.69, 9.17) is 0 Å². The number of amides is 2. The molecule has 0 bridgehead atoms. The first-order valence-corrected chi connectivity index (χ1v) is 11.9. The summed E-state index contributed by atoms with van der Waals surface area (Å²) in [4.78, 5) is 43.1. The molecule has 2 aromatic rings. The van der Waals surface area contributed by atoms with Gasteiger partial charge in [-0.2, -0.15) is 9.61 Å². The highest BCUT2D eigenvalue weighted by Crippen LogP contribution is 2.25. The Kier molecular flexibility index (Phi) is 6.53. The topological polar surface area (TPSA) is 112 Å². The number of aryl methyl sites for hydroxylation is 1. The highest BCUT2D eigenvalue weighted by Gasteiger charge is 2.30. The number of piperazine rings is 1. The molecule has 0 unspecified atom stereocenters. The van der Waals surface area contributed by atoms with Crippen LogP contribution in [-0.4, -0.2) is 79.7 Å². The van der Waals surface area contributed by atoms with Gasteiger partial charge in [0, 0.05) is 49.9 Å². The minimum atomic E-state index is -0.589. The summed E-state index contributed by atoms with van der Waals surface area (Å²) in [5.41, 5.74) is 0.609. The van der Waals surface area contributed by atoms with Crippen LogP contribution in [0.15, 0.2) is 10.9 Å². The Morgan fingerprint density at radius 1 is 1.26 bits per heavy atom. The normalized spacial score (nSPS) is 19.5. The SMILES string of the molecule is Cc1nn2c(O)c(C(=O)NC3CC3)c(=O)n(CC(C)C)c2c1/C=C/C(=O)N1CCN(C)C[C@@H]1C. The van der Waals surface area contributed by atoms with Crippen LogP contribution in [0.25, 0.3) is 11.7 Å². The number of fused-ring (bicyclic) bond motifs is 1. The van der Waals surface area contributed by atoms with Crippen molar-refractivity contribution in [3.05, 3.63) is 33.3 Å². The van der Waals surface area contributed by atoms with Crippen LogP contribution in [0.3, 0.4) is 0 Å². The average molecular weight is 471 g/mol. The fourth-order valence-corrected chi connectivity index (χ4v) is 4.50. The van der Waals surface area contributed by atoms with E-state index in [0.29, 0.717) is 30.0 Å². The molecule has 3 heterocycles. The minimum Gasteiger partial charge on any atom is -0.492 e.